The summed E-state index contributed by atoms with van der Waals surface area (Å²) in [5.41, 5.74) is 1.10. The molecule has 2 rings (SSSR count). The molecule has 6 nitrogen and oxygen atoms in total. The summed E-state index contributed by atoms with van der Waals surface area (Å²) in [6.45, 7) is 2.84. The zero-order valence-electron chi connectivity index (χ0n) is 18.6. The number of halogens is 3. The highest BCUT2D eigenvalue weighted by molar-refractivity contribution is 5.85. The summed E-state index contributed by atoms with van der Waals surface area (Å²) in [5.74, 6) is 0.847. The van der Waals surface area contributed by atoms with Gasteiger partial charge in [0.05, 0.1) is 12.6 Å². The molecule has 2 N–H and O–H groups in total. The summed E-state index contributed by atoms with van der Waals surface area (Å²) in [5, 5.41) is 6.62. The zero-order valence-corrected chi connectivity index (χ0v) is 18.6. The average Bonchev–Trinajstić information content (AvgIpc) is 2.72. The molecule has 1 aromatic rings. The third-order valence-electron chi connectivity index (χ3n) is 5.48. The second-order valence-electron chi connectivity index (χ2n) is 8.28. The predicted octanol–water partition coefficient (Wildman–Crippen LogP) is 3.04. The highest BCUT2D eigenvalue weighted by atomic mass is 19.4. The van der Waals surface area contributed by atoms with E-state index in [4.69, 9.17) is 0 Å². The summed E-state index contributed by atoms with van der Waals surface area (Å²) in [4.78, 5) is 19.3. The van der Waals surface area contributed by atoms with Crippen LogP contribution < -0.4 is 10.6 Å². The van der Waals surface area contributed by atoms with Gasteiger partial charge in [-0.25, -0.2) is 4.99 Å². The van der Waals surface area contributed by atoms with Crippen LogP contribution in [0.4, 0.5) is 13.2 Å². The van der Waals surface area contributed by atoms with E-state index in [-0.39, 0.29) is 18.5 Å². The van der Waals surface area contributed by atoms with E-state index in [1.54, 1.807) is 14.1 Å². The van der Waals surface area contributed by atoms with E-state index in [1.807, 2.05) is 37.3 Å². The molecular weight excluding hydrogens is 407 g/mol. The van der Waals surface area contributed by atoms with Crippen molar-refractivity contribution in [3.05, 3.63) is 35.9 Å². The molecule has 1 heterocycles. The number of guanidine groups is 1. The molecule has 1 saturated heterocycles. The van der Waals surface area contributed by atoms with Crippen LogP contribution in [0.3, 0.4) is 0 Å². The number of nitrogens with zero attached hydrogens (tertiary/aromatic N) is 3. The Morgan fingerprint density at radius 2 is 1.87 bits per heavy atom. The Labute approximate surface area is 182 Å². The Balaban J connectivity index is 1.85. The fourth-order valence-electron chi connectivity index (χ4n) is 3.55. The maximum atomic E-state index is 12.5. The standard InChI is InChI=1S/C22H34F3N5O/c1-17(19-7-5-4-6-8-19)28-21(27-15-20(31)29(2)3)26-12-9-18-10-13-30(14-11-18)16-22(23,24)25/h4-8,17-18H,9-16H2,1-3H3,(H2,26,27,28). The molecule has 1 fully saturated rings. The minimum atomic E-state index is -4.13. The Kier molecular flexibility index (Phi) is 9.61. The van der Waals surface area contributed by atoms with Crippen molar-refractivity contribution in [1.29, 1.82) is 0 Å². The van der Waals surface area contributed by atoms with Crippen molar-refractivity contribution in [1.82, 2.24) is 20.4 Å². The number of nitrogens with one attached hydrogen (secondary N) is 2. The molecule has 0 bridgehead atoms. The highest BCUT2D eigenvalue weighted by Gasteiger charge is 2.32. The number of carbonyl (C=O) groups excluding carboxylic acids is 1. The van der Waals surface area contributed by atoms with Crippen LogP contribution in [-0.4, -0.2) is 74.7 Å². The molecule has 0 radical (unpaired) electrons. The molecule has 1 aromatic carbocycles. The Bertz CT molecular complexity index is 701. The molecule has 1 aliphatic heterocycles. The van der Waals surface area contributed by atoms with Crippen LogP contribution in [0.15, 0.2) is 35.3 Å². The van der Waals surface area contributed by atoms with Gasteiger partial charge in [0, 0.05) is 20.6 Å². The number of aliphatic imine (C=N–C) groups is 1. The van der Waals surface area contributed by atoms with Gasteiger partial charge in [0.2, 0.25) is 5.91 Å². The number of piperidine rings is 1. The Morgan fingerprint density at radius 1 is 1.23 bits per heavy atom. The van der Waals surface area contributed by atoms with Gasteiger partial charge < -0.3 is 15.5 Å². The first kappa shape index (κ1) is 25.0. The lowest BCUT2D eigenvalue weighted by atomic mass is 9.93. The maximum absolute atomic E-state index is 12.5. The minimum absolute atomic E-state index is 0.00696. The summed E-state index contributed by atoms with van der Waals surface area (Å²) in [6, 6.07) is 9.95. The number of hydrogen-bond donors (Lipinski definition) is 2. The second-order valence-corrected chi connectivity index (χ2v) is 8.28. The van der Waals surface area contributed by atoms with Gasteiger partial charge >= 0.3 is 6.18 Å². The summed E-state index contributed by atoms with van der Waals surface area (Å²) in [6.07, 6.45) is -1.76. The number of alkyl halides is 3. The monoisotopic (exact) mass is 441 g/mol. The van der Waals surface area contributed by atoms with Gasteiger partial charge in [-0.2, -0.15) is 13.2 Å². The molecule has 31 heavy (non-hydrogen) atoms. The SMILES string of the molecule is CC(NC(=NCC(=O)N(C)C)NCCC1CCN(CC(F)(F)F)CC1)c1ccccc1. The minimum Gasteiger partial charge on any atom is -0.356 e. The molecule has 1 amide bonds. The van der Waals surface area contributed by atoms with E-state index in [0.717, 1.165) is 24.8 Å². The fourth-order valence-corrected chi connectivity index (χ4v) is 3.55. The van der Waals surface area contributed by atoms with Crippen LogP contribution in [0.25, 0.3) is 0 Å². The molecule has 0 aromatic heterocycles. The number of rotatable bonds is 8. The van der Waals surface area contributed by atoms with Crippen molar-refractivity contribution in [3.8, 4) is 0 Å². The first-order chi connectivity index (χ1) is 14.6. The third-order valence-corrected chi connectivity index (χ3v) is 5.48. The van der Waals surface area contributed by atoms with E-state index in [2.05, 4.69) is 15.6 Å². The van der Waals surface area contributed by atoms with E-state index in [9.17, 15) is 18.0 Å². The lowest BCUT2D eigenvalue weighted by molar-refractivity contribution is -0.148. The van der Waals surface area contributed by atoms with Gasteiger partial charge in [0.25, 0.3) is 0 Å². The molecule has 174 valence electrons. The van der Waals surface area contributed by atoms with Crippen molar-refractivity contribution < 1.29 is 18.0 Å². The Morgan fingerprint density at radius 3 is 2.45 bits per heavy atom. The van der Waals surface area contributed by atoms with E-state index >= 15 is 0 Å². The normalized spacial score (nSPS) is 17.3. The third kappa shape index (κ3) is 9.59. The van der Waals surface area contributed by atoms with Gasteiger partial charge in [-0.3, -0.25) is 9.69 Å². The topological polar surface area (TPSA) is 60.0 Å². The first-order valence-corrected chi connectivity index (χ1v) is 10.7. The zero-order chi connectivity index (χ0) is 22.9. The molecule has 0 saturated carbocycles. The van der Waals surface area contributed by atoms with Gasteiger partial charge in [0.15, 0.2) is 5.96 Å². The smallest absolute Gasteiger partial charge is 0.356 e. The molecule has 1 aliphatic rings. The average molecular weight is 442 g/mol. The number of benzene rings is 1. The van der Waals surface area contributed by atoms with Crippen LogP contribution in [-0.2, 0) is 4.79 Å². The number of likely N-dealkylation sites (tertiary alicyclic amines) is 1. The molecule has 0 spiro atoms. The van der Waals surface area contributed by atoms with Gasteiger partial charge in [-0.15, -0.1) is 0 Å². The summed E-state index contributed by atoms with van der Waals surface area (Å²) in [7, 11) is 3.38. The van der Waals surface area contributed by atoms with Crippen LogP contribution in [0.5, 0.6) is 0 Å². The quantitative estimate of drug-likeness (QED) is 0.481. The lowest BCUT2D eigenvalue weighted by Gasteiger charge is -2.32. The van der Waals surface area contributed by atoms with Crippen LogP contribution in [0.2, 0.25) is 0 Å². The van der Waals surface area contributed by atoms with Crippen molar-refractivity contribution in [2.24, 2.45) is 10.9 Å². The van der Waals surface area contributed by atoms with Crippen molar-refractivity contribution in [2.45, 2.75) is 38.4 Å². The van der Waals surface area contributed by atoms with Crippen LogP contribution in [0, 0.1) is 5.92 Å². The highest BCUT2D eigenvalue weighted by Crippen LogP contribution is 2.24. The van der Waals surface area contributed by atoms with E-state index in [0.29, 0.717) is 31.5 Å². The summed E-state index contributed by atoms with van der Waals surface area (Å²) >= 11 is 0. The number of amides is 1. The van der Waals surface area contributed by atoms with Gasteiger partial charge in [-0.1, -0.05) is 30.3 Å². The summed E-state index contributed by atoms with van der Waals surface area (Å²) < 4.78 is 37.6. The molecule has 9 heteroatoms. The molecule has 0 aliphatic carbocycles. The largest absolute Gasteiger partial charge is 0.401 e. The van der Waals surface area contributed by atoms with Crippen LogP contribution >= 0.6 is 0 Å². The van der Waals surface area contributed by atoms with Gasteiger partial charge in [0.1, 0.15) is 6.54 Å². The van der Waals surface area contributed by atoms with Crippen molar-refractivity contribution in [3.63, 3.8) is 0 Å². The van der Waals surface area contributed by atoms with Crippen molar-refractivity contribution >= 4 is 11.9 Å². The molecule has 1 atom stereocenters. The van der Waals surface area contributed by atoms with Crippen molar-refractivity contribution in [2.75, 3.05) is 46.8 Å². The first-order valence-electron chi connectivity index (χ1n) is 10.7. The lowest BCUT2D eigenvalue weighted by Crippen LogP contribution is -2.42. The fraction of sp³-hybridized carbons (Fsp3) is 0.636. The Hall–Kier alpha value is -2.29. The van der Waals surface area contributed by atoms with E-state index < -0.39 is 12.7 Å². The number of hydrogen-bond acceptors (Lipinski definition) is 3. The second kappa shape index (κ2) is 11.9. The molecular formula is C22H34F3N5O. The van der Waals surface area contributed by atoms with E-state index in [1.165, 1.54) is 9.80 Å². The van der Waals surface area contributed by atoms with Crippen LogP contribution in [0.1, 0.15) is 37.8 Å². The number of likely N-dealkylation sites (N-methyl/N-ethyl adjacent to an activating group) is 1. The van der Waals surface area contributed by atoms with Gasteiger partial charge in [-0.05, 0) is 50.8 Å². The molecule has 1 unspecified atom stereocenters. The maximum Gasteiger partial charge on any atom is 0.401 e. The predicted molar refractivity (Wildman–Crippen MR) is 117 cm³/mol. The number of carbonyl (C=O) groups is 1.